The topological polar surface area (TPSA) is 59.7 Å². The van der Waals surface area contributed by atoms with Crippen LogP contribution in [0.25, 0.3) is 16.9 Å². The second kappa shape index (κ2) is 6.82. The van der Waals surface area contributed by atoms with Gasteiger partial charge in [0.05, 0.1) is 12.7 Å². The summed E-state index contributed by atoms with van der Waals surface area (Å²) in [5, 5.41) is 8.83. The second-order valence-corrected chi connectivity index (χ2v) is 4.97. The van der Waals surface area contributed by atoms with E-state index in [1.54, 1.807) is 6.92 Å². The molecule has 2 aromatic rings. The highest BCUT2D eigenvalue weighted by molar-refractivity contribution is 5.89. The monoisotopic (exact) mass is 340 g/mol. The SMILES string of the molecule is CC/C(=C\C(=O)O)c1ccc(-c2cc(OC)cc(C(F)(F)F)c2)o1. The van der Waals surface area contributed by atoms with Gasteiger partial charge in [0.25, 0.3) is 0 Å². The molecule has 0 aliphatic heterocycles. The number of benzene rings is 1. The van der Waals surface area contributed by atoms with Crippen molar-refractivity contribution in [2.45, 2.75) is 19.5 Å². The summed E-state index contributed by atoms with van der Waals surface area (Å²) in [6, 6.07) is 6.30. The van der Waals surface area contributed by atoms with Gasteiger partial charge in [0, 0.05) is 17.2 Å². The first-order valence-corrected chi connectivity index (χ1v) is 7.05. The van der Waals surface area contributed by atoms with Crippen LogP contribution < -0.4 is 4.74 Å². The number of alkyl halides is 3. The Morgan fingerprint density at radius 1 is 1.29 bits per heavy atom. The zero-order valence-electron chi connectivity index (χ0n) is 13.0. The molecule has 0 aliphatic rings. The van der Waals surface area contributed by atoms with Gasteiger partial charge in [0.15, 0.2) is 0 Å². The van der Waals surface area contributed by atoms with Crippen LogP contribution in [0, 0.1) is 0 Å². The molecule has 0 radical (unpaired) electrons. The van der Waals surface area contributed by atoms with Gasteiger partial charge in [-0.25, -0.2) is 4.79 Å². The summed E-state index contributed by atoms with van der Waals surface area (Å²) in [4.78, 5) is 10.8. The van der Waals surface area contributed by atoms with Crippen LogP contribution >= 0.6 is 0 Å². The Morgan fingerprint density at radius 3 is 2.54 bits per heavy atom. The molecule has 0 amide bonds. The Kier molecular flexibility index (Phi) is 5.02. The summed E-state index contributed by atoms with van der Waals surface area (Å²) in [5.41, 5.74) is -0.224. The van der Waals surface area contributed by atoms with Crippen molar-refractivity contribution in [3.05, 3.63) is 47.7 Å². The van der Waals surface area contributed by atoms with Crippen molar-refractivity contribution in [3.8, 4) is 17.1 Å². The maximum Gasteiger partial charge on any atom is 0.416 e. The van der Waals surface area contributed by atoms with Crippen LogP contribution in [0.3, 0.4) is 0 Å². The molecule has 0 unspecified atom stereocenters. The van der Waals surface area contributed by atoms with Crippen LogP contribution in [0.1, 0.15) is 24.7 Å². The first-order chi connectivity index (χ1) is 11.2. The van der Waals surface area contributed by atoms with Crippen molar-refractivity contribution in [2.75, 3.05) is 7.11 Å². The van der Waals surface area contributed by atoms with E-state index in [4.69, 9.17) is 14.3 Å². The number of furan rings is 1. The zero-order chi connectivity index (χ0) is 17.9. The molecule has 2 rings (SSSR count). The van der Waals surface area contributed by atoms with Crippen molar-refractivity contribution in [1.29, 1.82) is 0 Å². The summed E-state index contributed by atoms with van der Waals surface area (Å²) in [5.74, 6) is -0.578. The highest BCUT2D eigenvalue weighted by atomic mass is 19.4. The highest BCUT2D eigenvalue weighted by Crippen LogP contribution is 2.36. The van der Waals surface area contributed by atoms with E-state index >= 15 is 0 Å². The van der Waals surface area contributed by atoms with Gasteiger partial charge in [-0.15, -0.1) is 0 Å². The van der Waals surface area contributed by atoms with Crippen LogP contribution in [-0.4, -0.2) is 18.2 Å². The predicted octanol–water partition coefficient (Wildman–Crippen LogP) is 4.85. The number of carbonyl (C=O) groups is 1. The van der Waals surface area contributed by atoms with Gasteiger partial charge in [0.1, 0.15) is 17.3 Å². The molecule has 1 aromatic carbocycles. The molecule has 0 bridgehead atoms. The Morgan fingerprint density at radius 2 is 2.00 bits per heavy atom. The number of halogens is 3. The van der Waals surface area contributed by atoms with E-state index in [1.807, 2.05) is 0 Å². The number of allylic oxidation sites excluding steroid dienone is 1. The van der Waals surface area contributed by atoms with E-state index in [2.05, 4.69) is 0 Å². The molecule has 0 aliphatic carbocycles. The fourth-order valence-corrected chi connectivity index (χ4v) is 2.18. The number of carboxylic acids is 1. The minimum absolute atomic E-state index is 0.0505. The van der Waals surface area contributed by atoms with Gasteiger partial charge in [-0.2, -0.15) is 13.2 Å². The van der Waals surface area contributed by atoms with E-state index in [1.165, 1.54) is 25.3 Å². The maximum atomic E-state index is 13.0. The molecule has 0 saturated carbocycles. The number of carboxylic acid groups (broad SMARTS) is 1. The molecule has 1 heterocycles. The third-order valence-corrected chi connectivity index (χ3v) is 3.36. The Labute approximate surface area is 136 Å². The maximum absolute atomic E-state index is 13.0. The fraction of sp³-hybridized carbons (Fsp3) is 0.235. The van der Waals surface area contributed by atoms with Crippen LogP contribution in [0.5, 0.6) is 5.75 Å². The van der Waals surface area contributed by atoms with Crippen molar-refractivity contribution >= 4 is 11.5 Å². The first kappa shape index (κ1) is 17.7. The van der Waals surface area contributed by atoms with E-state index in [0.717, 1.165) is 18.2 Å². The zero-order valence-corrected chi connectivity index (χ0v) is 13.0. The number of methoxy groups -OCH3 is 1. The lowest BCUT2D eigenvalue weighted by atomic mass is 10.1. The first-order valence-electron chi connectivity index (χ1n) is 7.05. The summed E-state index contributed by atoms with van der Waals surface area (Å²) in [6.45, 7) is 1.75. The summed E-state index contributed by atoms with van der Waals surface area (Å²) >= 11 is 0. The summed E-state index contributed by atoms with van der Waals surface area (Å²) in [7, 11) is 1.28. The van der Waals surface area contributed by atoms with Gasteiger partial charge < -0.3 is 14.3 Å². The molecule has 1 N–H and O–H groups in total. The standard InChI is InChI=1S/C17H15F3O4/c1-3-10(8-16(21)22)14-4-5-15(24-14)11-6-12(17(18,19)20)9-13(7-11)23-2/h4-9H,3H2,1-2H3,(H,21,22)/b10-8+. The number of aliphatic carboxylic acids is 1. The quantitative estimate of drug-likeness (QED) is 0.790. The largest absolute Gasteiger partial charge is 0.497 e. The summed E-state index contributed by atoms with van der Waals surface area (Å²) < 4.78 is 49.4. The number of ether oxygens (including phenoxy) is 1. The lowest BCUT2D eigenvalue weighted by Crippen LogP contribution is -2.05. The minimum Gasteiger partial charge on any atom is -0.497 e. The molecule has 0 saturated heterocycles. The Bertz CT molecular complexity index is 772. The number of hydrogen-bond acceptors (Lipinski definition) is 3. The molecule has 0 atom stereocenters. The normalized spacial score (nSPS) is 12.3. The summed E-state index contributed by atoms with van der Waals surface area (Å²) in [6.07, 6.45) is -3.10. The van der Waals surface area contributed by atoms with Crippen LogP contribution in [0.2, 0.25) is 0 Å². The van der Waals surface area contributed by atoms with Gasteiger partial charge in [-0.3, -0.25) is 0 Å². The van der Waals surface area contributed by atoms with Gasteiger partial charge in [-0.1, -0.05) is 6.92 Å². The third kappa shape index (κ3) is 3.98. The molecule has 4 nitrogen and oxygen atoms in total. The van der Waals surface area contributed by atoms with Crippen molar-refractivity contribution in [2.24, 2.45) is 0 Å². The third-order valence-electron chi connectivity index (χ3n) is 3.36. The second-order valence-electron chi connectivity index (χ2n) is 4.97. The Hall–Kier alpha value is -2.70. The molecule has 24 heavy (non-hydrogen) atoms. The minimum atomic E-state index is -4.52. The molecule has 7 heteroatoms. The predicted molar refractivity (Wildman–Crippen MR) is 81.6 cm³/mol. The van der Waals surface area contributed by atoms with E-state index in [9.17, 15) is 18.0 Å². The molecule has 0 spiro atoms. The average Bonchev–Trinajstić information content (AvgIpc) is 3.00. The molecule has 1 aromatic heterocycles. The number of rotatable bonds is 5. The van der Waals surface area contributed by atoms with Crippen LogP contribution in [0.4, 0.5) is 13.2 Å². The molecular formula is C17H15F3O4. The average molecular weight is 340 g/mol. The lowest BCUT2D eigenvalue weighted by molar-refractivity contribution is -0.137. The Balaban J connectivity index is 2.48. The lowest BCUT2D eigenvalue weighted by Gasteiger charge is -2.10. The van der Waals surface area contributed by atoms with E-state index < -0.39 is 17.7 Å². The fourth-order valence-electron chi connectivity index (χ4n) is 2.18. The van der Waals surface area contributed by atoms with Crippen LogP contribution in [0.15, 0.2) is 40.8 Å². The van der Waals surface area contributed by atoms with Gasteiger partial charge in [0.2, 0.25) is 0 Å². The smallest absolute Gasteiger partial charge is 0.416 e. The van der Waals surface area contributed by atoms with Crippen molar-refractivity contribution in [3.63, 3.8) is 0 Å². The van der Waals surface area contributed by atoms with E-state index in [0.29, 0.717) is 17.8 Å². The highest BCUT2D eigenvalue weighted by Gasteiger charge is 2.31. The van der Waals surface area contributed by atoms with Gasteiger partial charge in [-0.05, 0) is 36.8 Å². The van der Waals surface area contributed by atoms with Crippen molar-refractivity contribution < 1.29 is 32.2 Å². The number of hydrogen-bond donors (Lipinski definition) is 1. The van der Waals surface area contributed by atoms with Crippen LogP contribution in [-0.2, 0) is 11.0 Å². The molecular weight excluding hydrogens is 325 g/mol. The van der Waals surface area contributed by atoms with Crippen molar-refractivity contribution in [1.82, 2.24) is 0 Å². The molecule has 128 valence electrons. The van der Waals surface area contributed by atoms with Gasteiger partial charge >= 0.3 is 12.1 Å². The van der Waals surface area contributed by atoms with E-state index in [-0.39, 0.29) is 17.1 Å². The molecule has 0 fully saturated rings.